The fraction of sp³-hybridized carbons (Fsp3) is 0. The van der Waals surface area contributed by atoms with Gasteiger partial charge in [-0.25, -0.2) is 9.78 Å². The van der Waals surface area contributed by atoms with E-state index in [0.717, 1.165) is 11.6 Å². The van der Waals surface area contributed by atoms with Gasteiger partial charge in [-0.3, -0.25) is 4.40 Å². The number of pyridine rings is 1. The van der Waals surface area contributed by atoms with Crippen LogP contribution in [0.25, 0.3) is 11.6 Å². The van der Waals surface area contributed by atoms with E-state index in [1.54, 1.807) is 0 Å². The number of hydrogen-bond donors (Lipinski definition) is 1. The van der Waals surface area contributed by atoms with Crippen molar-refractivity contribution in [2.24, 2.45) is 0 Å². The monoisotopic (exact) mass is 266 g/mol. The van der Waals surface area contributed by atoms with Crippen molar-refractivity contribution in [3.05, 3.63) is 40.9 Å². The molecule has 2 rings (SSSR count). The summed E-state index contributed by atoms with van der Waals surface area (Å²) < 4.78 is 2.51. The van der Waals surface area contributed by atoms with Gasteiger partial charge >= 0.3 is 5.97 Å². The van der Waals surface area contributed by atoms with Crippen LogP contribution in [-0.2, 0) is 4.79 Å². The summed E-state index contributed by atoms with van der Waals surface area (Å²) in [6, 6.07) is 5.65. The minimum absolute atomic E-state index is 0.583. The molecule has 0 atom stereocenters. The minimum Gasteiger partial charge on any atom is -0.478 e. The Morgan fingerprint density at radius 1 is 1.53 bits per heavy atom. The molecule has 5 heteroatoms. The summed E-state index contributed by atoms with van der Waals surface area (Å²) >= 11 is 3.31. The van der Waals surface area contributed by atoms with Gasteiger partial charge in [0.15, 0.2) is 0 Å². The highest BCUT2D eigenvalue weighted by Gasteiger charge is 2.05. The lowest BCUT2D eigenvalue weighted by Gasteiger charge is -1.93. The van der Waals surface area contributed by atoms with Crippen LogP contribution >= 0.6 is 15.9 Å². The Hall–Kier alpha value is -1.62. The van der Waals surface area contributed by atoms with Crippen LogP contribution in [0.3, 0.4) is 0 Å². The molecule has 0 aromatic carbocycles. The van der Waals surface area contributed by atoms with Crippen molar-refractivity contribution < 1.29 is 9.90 Å². The molecule has 0 spiro atoms. The van der Waals surface area contributed by atoms with Crippen molar-refractivity contribution in [2.45, 2.75) is 0 Å². The number of carboxylic acid groups (broad SMARTS) is 1. The minimum atomic E-state index is -0.987. The summed E-state index contributed by atoms with van der Waals surface area (Å²) in [4.78, 5) is 14.6. The van der Waals surface area contributed by atoms with Gasteiger partial charge in [0.25, 0.3) is 0 Å². The van der Waals surface area contributed by atoms with Gasteiger partial charge in [-0.1, -0.05) is 6.07 Å². The highest BCUT2D eigenvalue weighted by Crippen LogP contribution is 2.18. The van der Waals surface area contributed by atoms with E-state index in [0.29, 0.717) is 10.4 Å². The molecule has 2 heterocycles. The van der Waals surface area contributed by atoms with Crippen LogP contribution in [0.2, 0.25) is 0 Å². The second-order valence-corrected chi connectivity index (χ2v) is 3.64. The highest BCUT2D eigenvalue weighted by molar-refractivity contribution is 9.10. The quantitative estimate of drug-likeness (QED) is 0.848. The molecule has 2 aromatic heterocycles. The molecule has 0 saturated carbocycles. The first-order chi connectivity index (χ1) is 7.18. The molecule has 0 unspecified atom stereocenters. The molecule has 0 saturated heterocycles. The lowest BCUT2D eigenvalue weighted by molar-refractivity contribution is -0.131. The van der Waals surface area contributed by atoms with Gasteiger partial charge < -0.3 is 5.11 Å². The summed E-state index contributed by atoms with van der Waals surface area (Å²) in [6.07, 6.45) is 4.35. The molecule has 0 aliphatic carbocycles. The molecule has 2 aromatic rings. The van der Waals surface area contributed by atoms with Gasteiger partial charge in [0.1, 0.15) is 10.4 Å². The largest absolute Gasteiger partial charge is 0.478 e. The Morgan fingerprint density at radius 3 is 3.07 bits per heavy atom. The molecule has 76 valence electrons. The molecule has 0 amide bonds. The Bertz CT molecular complexity index is 545. The number of halogens is 1. The summed E-state index contributed by atoms with van der Waals surface area (Å²) in [5.74, 6) is -0.404. The van der Waals surface area contributed by atoms with Crippen LogP contribution in [-0.4, -0.2) is 20.5 Å². The summed E-state index contributed by atoms with van der Waals surface area (Å²) in [7, 11) is 0. The highest BCUT2D eigenvalue weighted by atomic mass is 79.9. The standard InChI is InChI=1S/C10H7BrN2O2/c11-10-7-3-1-2-6-13(7)8(12-10)4-5-9(14)15/h1-6H,(H,14,15)/b5-4+. The van der Waals surface area contributed by atoms with E-state index in [2.05, 4.69) is 20.9 Å². The van der Waals surface area contributed by atoms with Gasteiger partial charge in [-0.05, 0) is 34.1 Å². The fourth-order valence-corrected chi connectivity index (χ4v) is 1.79. The predicted octanol–water partition coefficient (Wildman–Crippen LogP) is 2.19. The normalized spacial score (nSPS) is 11.3. The van der Waals surface area contributed by atoms with E-state index in [4.69, 9.17) is 5.11 Å². The van der Waals surface area contributed by atoms with Crippen LogP contribution < -0.4 is 0 Å². The molecule has 0 bridgehead atoms. The van der Waals surface area contributed by atoms with E-state index in [1.165, 1.54) is 6.08 Å². The zero-order valence-electron chi connectivity index (χ0n) is 7.59. The average Bonchev–Trinajstić information content (AvgIpc) is 2.54. The number of rotatable bonds is 2. The summed E-state index contributed by atoms with van der Waals surface area (Å²) in [5.41, 5.74) is 0.905. The number of hydrogen-bond acceptors (Lipinski definition) is 2. The zero-order chi connectivity index (χ0) is 10.8. The van der Waals surface area contributed by atoms with Crippen LogP contribution in [0, 0.1) is 0 Å². The van der Waals surface area contributed by atoms with Crippen LogP contribution in [0.4, 0.5) is 0 Å². The smallest absolute Gasteiger partial charge is 0.328 e. The maximum atomic E-state index is 10.4. The first kappa shape index (κ1) is 9.92. The van der Waals surface area contributed by atoms with Crippen LogP contribution in [0.5, 0.6) is 0 Å². The van der Waals surface area contributed by atoms with Crippen molar-refractivity contribution in [1.29, 1.82) is 0 Å². The second kappa shape index (κ2) is 3.86. The number of nitrogens with zero attached hydrogens (tertiary/aromatic N) is 2. The number of fused-ring (bicyclic) bond motifs is 1. The van der Waals surface area contributed by atoms with Crippen molar-refractivity contribution in [2.75, 3.05) is 0 Å². The third-order valence-corrected chi connectivity index (χ3v) is 2.49. The van der Waals surface area contributed by atoms with Gasteiger partial charge in [-0.2, -0.15) is 0 Å². The summed E-state index contributed by atoms with van der Waals surface area (Å²) in [6.45, 7) is 0. The predicted molar refractivity (Wildman–Crippen MR) is 59.6 cm³/mol. The van der Waals surface area contributed by atoms with E-state index < -0.39 is 5.97 Å². The third kappa shape index (κ3) is 1.92. The first-order valence-electron chi connectivity index (χ1n) is 4.22. The van der Waals surface area contributed by atoms with Gasteiger partial charge in [-0.15, -0.1) is 0 Å². The summed E-state index contributed by atoms with van der Waals surface area (Å²) in [5, 5.41) is 8.52. The van der Waals surface area contributed by atoms with Crippen molar-refractivity contribution in [3.63, 3.8) is 0 Å². The molecule has 0 aliphatic rings. The second-order valence-electron chi connectivity index (χ2n) is 2.89. The number of imidazole rings is 1. The Morgan fingerprint density at radius 2 is 2.33 bits per heavy atom. The van der Waals surface area contributed by atoms with Crippen LogP contribution in [0.15, 0.2) is 35.1 Å². The molecular weight excluding hydrogens is 260 g/mol. The fourth-order valence-electron chi connectivity index (χ4n) is 1.29. The van der Waals surface area contributed by atoms with Crippen LogP contribution in [0.1, 0.15) is 5.82 Å². The molecule has 1 N–H and O–H groups in total. The molecule has 0 radical (unpaired) electrons. The number of aromatic nitrogens is 2. The Labute approximate surface area is 94.0 Å². The maximum Gasteiger partial charge on any atom is 0.328 e. The Kier molecular flexibility index (Phi) is 2.55. The molecule has 0 aliphatic heterocycles. The van der Waals surface area contributed by atoms with Gasteiger partial charge in [0.2, 0.25) is 0 Å². The van der Waals surface area contributed by atoms with E-state index in [-0.39, 0.29) is 0 Å². The molecule has 15 heavy (non-hydrogen) atoms. The topological polar surface area (TPSA) is 54.6 Å². The molecule has 4 nitrogen and oxygen atoms in total. The number of carbonyl (C=O) groups is 1. The van der Waals surface area contributed by atoms with E-state index in [9.17, 15) is 4.79 Å². The average molecular weight is 267 g/mol. The van der Waals surface area contributed by atoms with E-state index in [1.807, 2.05) is 28.8 Å². The SMILES string of the molecule is O=C(O)/C=C/c1nc(Br)c2ccccn12. The van der Waals surface area contributed by atoms with E-state index >= 15 is 0 Å². The third-order valence-electron chi connectivity index (χ3n) is 1.91. The van der Waals surface area contributed by atoms with Gasteiger partial charge in [0.05, 0.1) is 5.52 Å². The number of aliphatic carboxylic acids is 1. The lowest BCUT2D eigenvalue weighted by Crippen LogP contribution is -1.89. The number of carboxylic acids is 1. The Balaban J connectivity index is 2.57. The molecule has 0 fully saturated rings. The maximum absolute atomic E-state index is 10.4. The first-order valence-corrected chi connectivity index (χ1v) is 5.01. The zero-order valence-corrected chi connectivity index (χ0v) is 9.18. The van der Waals surface area contributed by atoms with Crippen molar-refractivity contribution >= 4 is 33.5 Å². The van der Waals surface area contributed by atoms with Crippen molar-refractivity contribution in [3.8, 4) is 0 Å². The molecular formula is C10H7BrN2O2. The lowest BCUT2D eigenvalue weighted by atomic mass is 10.4. The van der Waals surface area contributed by atoms with Crippen molar-refractivity contribution in [1.82, 2.24) is 9.38 Å². The van der Waals surface area contributed by atoms with Gasteiger partial charge in [0, 0.05) is 12.3 Å².